The van der Waals surface area contributed by atoms with E-state index in [1.165, 1.54) is 24.3 Å². The van der Waals surface area contributed by atoms with E-state index in [0.717, 1.165) is 36.8 Å². The smallest absolute Gasteiger partial charge is 0.125 e. The molecule has 2 N–H and O–H groups in total. The Kier molecular flexibility index (Phi) is 7.67. The van der Waals surface area contributed by atoms with Crippen LogP contribution in [0.4, 0.5) is 8.78 Å². The molecule has 164 valence electrons. The molecule has 0 fully saturated rings. The number of aliphatic hydroxyl groups excluding tert-OH is 2. The van der Waals surface area contributed by atoms with Crippen LogP contribution in [0.1, 0.15) is 50.7 Å². The predicted octanol–water partition coefficient (Wildman–Crippen LogP) is 4.58. The highest BCUT2D eigenvalue weighted by atomic mass is 19.1. The zero-order chi connectivity index (χ0) is 21.7. The zero-order valence-electron chi connectivity index (χ0n) is 17.5. The first-order valence-electron chi connectivity index (χ1n) is 10.7. The van der Waals surface area contributed by atoms with E-state index in [-0.39, 0.29) is 23.8 Å². The molecule has 2 heterocycles. The summed E-state index contributed by atoms with van der Waals surface area (Å²) in [7, 11) is 0. The first-order valence-corrected chi connectivity index (χ1v) is 10.7. The molecule has 30 heavy (non-hydrogen) atoms. The van der Waals surface area contributed by atoms with Crippen LogP contribution in [-0.2, 0) is 12.8 Å². The zero-order valence-corrected chi connectivity index (χ0v) is 17.5. The van der Waals surface area contributed by atoms with Gasteiger partial charge in [0.25, 0.3) is 0 Å². The quantitative estimate of drug-likeness (QED) is 0.760. The lowest BCUT2D eigenvalue weighted by Crippen LogP contribution is -2.34. The fraction of sp³-hybridized carbons (Fsp3) is 0.500. The molecule has 4 atom stereocenters. The third-order valence-electron chi connectivity index (χ3n) is 5.69. The molecule has 4 rings (SSSR count). The van der Waals surface area contributed by atoms with E-state index >= 15 is 0 Å². The van der Waals surface area contributed by atoms with Crippen molar-refractivity contribution in [1.82, 2.24) is 0 Å². The van der Waals surface area contributed by atoms with Gasteiger partial charge in [-0.05, 0) is 86.1 Å². The summed E-state index contributed by atoms with van der Waals surface area (Å²) < 4.78 is 37.1. The first kappa shape index (κ1) is 22.5. The lowest BCUT2D eigenvalue weighted by Gasteiger charge is -2.29. The van der Waals surface area contributed by atoms with Crippen LogP contribution in [0.3, 0.4) is 0 Å². The van der Waals surface area contributed by atoms with Crippen molar-refractivity contribution >= 4 is 0 Å². The summed E-state index contributed by atoms with van der Waals surface area (Å²) >= 11 is 0. The molecule has 2 aliphatic heterocycles. The topological polar surface area (TPSA) is 58.9 Å². The lowest BCUT2D eigenvalue weighted by atomic mass is 9.98. The fourth-order valence-corrected chi connectivity index (χ4v) is 3.82. The van der Waals surface area contributed by atoms with Crippen molar-refractivity contribution in [3.8, 4) is 11.5 Å². The van der Waals surface area contributed by atoms with Crippen molar-refractivity contribution in [2.24, 2.45) is 0 Å². The van der Waals surface area contributed by atoms with E-state index < -0.39 is 12.2 Å². The molecule has 0 spiro atoms. The third kappa shape index (κ3) is 5.49. The van der Waals surface area contributed by atoms with E-state index in [1.807, 2.05) is 13.8 Å². The number of benzene rings is 2. The van der Waals surface area contributed by atoms with Gasteiger partial charge in [-0.1, -0.05) is 13.8 Å². The van der Waals surface area contributed by atoms with Crippen LogP contribution in [0.2, 0.25) is 0 Å². The molecule has 0 saturated carbocycles. The van der Waals surface area contributed by atoms with Gasteiger partial charge < -0.3 is 19.7 Å². The normalized spacial score (nSPS) is 21.7. The van der Waals surface area contributed by atoms with E-state index in [1.54, 1.807) is 12.1 Å². The van der Waals surface area contributed by atoms with E-state index in [4.69, 9.17) is 9.47 Å². The maximum absolute atomic E-state index is 12.9. The summed E-state index contributed by atoms with van der Waals surface area (Å²) in [6.07, 6.45) is 3.27. The van der Waals surface area contributed by atoms with E-state index in [2.05, 4.69) is 0 Å². The fourth-order valence-electron chi connectivity index (χ4n) is 3.82. The average Bonchev–Trinajstić information content (AvgIpc) is 2.77. The number of ether oxygens (including phenoxy) is 2. The van der Waals surface area contributed by atoms with Gasteiger partial charge >= 0.3 is 0 Å². The van der Waals surface area contributed by atoms with Crippen LogP contribution in [0, 0.1) is 11.6 Å². The molecule has 4 nitrogen and oxygen atoms in total. The van der Waals surface area contributed by atoms with Crippen LogP contribution < -0.4 is 9.47 Å². The van der Waals surface area contributed by atoms with Crippen molar-refractivity contribution in [2.75, 3.05) is 0 Å². The van der Waals surface area contributed by atoms with Crippen molar-refractivity contribution in [1.29, 1.82) is 0 Å². The molecular weight excluding hydrogens is 390 g/mol. The molecule has 2 aliphatic rings. The van der Waals surface area contributed by atoms with Crippen molar-refractivity contribution in [3.63, 3.8) is 0 Å². The van der Waals surface area contributed by atoms with Gasteiger partial charge in [0.15, 0.2) is 0 Å². The Hall–Kier alpha value is -2.18. The van der Waals surface area contributed by atoms with Gasteiger partial charge in [-0.3, -0.25) is 0 Å². The van der Waals surface area contributed by atoms with Gasteiger partial charge in [0.1, 0.15) is 35.3 Å². The van der Waals surface area contributed by atoms with Gasteiger partial charge in [-0.25, -0.2) is 8.78 Å². The second-order valence-corrected chi connectivity index (χ2v) is 7.85. The van der Waals surface area contributed by atoms with Crippen molar-refractivity contribution in [3.05, 3.63) is 59.2 Å². The first-order chi connectivity index (χ1) is 14.4. The number of rotatable bonds is 4. The Morgan fingerprint density at radius 3 is 1.57 bits per heavy atom. The highest BCUT2D eigenvalue weighted by Crippen LogP contribution is 2.30. The number of fused-ring (bicyclic) bond motifs is 2. The molecule has 0 aromatic heterocycles. The second-order valence-electron chi connectivity index (χ2n) is 7.85. The summed E-state index contributed by atoms with van der Waals surface area (Å²) in [6, 6.07) is 9.06. The van der Waals surface area contributed by atoms with Crippen LogP contribution in [0.5, 0.6) is 11.5 Å². The highest BCUT2D eigenvalue weighted by molar-refractivity contribution is 5.36. The van der Waals surface area contributed by atoms with Gasteiger partial charge in [-0.15, -0.1) is 0 Å². The number of aryl methyl sites for hydroxylation is 2. The van der Waals surface area contributed by atoms with Gasteiger partial charge in [0, 0.05) is 0 Å². The largest absolute Gasteiger partial charge is 0.487 e. The third-order valence-corrected chi connectivity index (χ3v) is 5.69. The molecular formula is C24H30F2O4. The molecule has 6 heteroatoms. The molecule has 0 saturated heterocycles. The van der Waals surface area contributed by atoms with Crippen LogP contribution >= 0.6 is 0 Å². The number of hydrogen-bond acceptors (Lipinski definition) is 4. The molecule has 0 bridgehead atoms. The van der Waals surface area contributed by atoms with E-state index in [9.17, 15) is 19.0 Å². The van der Waals surface area contributed by atoms with Crippen LogP contribution in [-0.4, -0.2) is 34.6 Å². The second kappa shape index (κ2) is 10.2. The molecule has 0 radical (unpaired) electrons. The lowest BCUT2D eigenvalue weighted by molar-refractivity contribution is 0.0219. The predicted molar refractivity (Wildman–Crippen MR) is 111 cm³/mol. The minimum Gasteiger partial charge on any atom is -0.487 e. The maximum Gasteiger partial charge on any atom is 0.125 e. The number of aliphatic hydroxyl groups is 2. The summed E-state index contributed by atoms with van der Waals surface area (Å²) in [5.41, 5.74) is 1.80. The van der Waals surface area contributed by atoms with Crippen LogP contribution in [0.15, 0.2) is 36.4 Å². The molecule has 0 amide bonds. The van der Waals surface area contributed by atoms with Gasteiger partial charge in [-0.2, -0.15) is 0 Å². The highest BCUT2D eigenvalue weighted by Gasteiger charge is 2.26. The average molecular weight is 420 g/mol. The molecule has 0 aliphatic carbocycles. The van der Waals surface area contributed by atoms with Crippen molar-refractivity contribution in [2.45, 2.75) is 76.8 Å². The number of hydrogen-bond donors (Lipinski definition) is 2. The molecule has 2 aromatic carbocycles. The van der Waals surface area contributed by atoms with E-state index in [0.29, 0.717) is 24.3 Å². The Bertz CT molecular complexity index is 772. The van der Waals surface area contributed by atoms with Crippen molar-refractivity contribution < 1.29 is 28.5 Å². The summed E-state index contributed by atoms with van der Waals surface area (Å²) in [5, 5.41) is 19.3. The standard InChI is InChI=1S/2C12H15FO2/c2*1-2-10(14)12-5-3-8-7-9(13)4-6-11(8)15-12/h2*4,6-7,10,12,14H,2-3,5H2,1H3/t2*10-,12+/m10/s1. The minimum absolute atomic E-state index is 0.145. The van der Waals surface area contributed by atoms with Gasteiger partial charge in [0.05, 0.1) is 12.2 Å². The number of halogens is 2. The Labute approximate surface area is 176 Å². The molecule has 2 aromatic rings. The minimum atomic E-state index is -0.428. The monoisotopic (exact) mass is 420 g/mol. The Morgan fingerprint density at radius 2 is 1.20 bits per heavy atom. The SMILES string of the molecule is CC[C@@H](O)[C@@H]1CCc2cc(F)ccc2O1.CC[C@H](O)[C@H]1CCc2cc(F)ccc2O1. The summed E-state index contributed by atoms with van der Waals surface area (Å²) in [4.78, 5) is 0. The van der Waals surface area contributed by atoms with Gasteiger partial charge in [0.2, 0.25) is 0 Å². The summed E-state index contributed by atoms with van der Waals surface area (Å²) in [6.45, 7) is 3.85. The Morgan fingerprint density at radius 1 is 0.800 bits per heavy atom. The molecule has 0 unspecified atom stereocenters. The maximum atomic E-state index is 12.9. The Balaban J connectivity index is 0.000000171. The summed E-state index contributed by atoms with van der Waals surface area (Å²) in [5.74, 6) is 0.957. The van der Waals surface area contributed by atoms with Crippen LogP contribution in [0.25, 0.3) is 0 Å².